The average Bonchev–Trinajstić information content (AvgIpc) is 2.48. The van der Waals surface area contributed by atoms with Crippen molar-refractivity contribution in [3.63, 3.8) is 0 Å². The SMILES string of the molecule is Cc1cc2c(cc1F)NCC1c3ccccc3CCN21. The molecule has 0 amide bonds. The molecule has 0 saturated carbocycles. The molecule has 0 spiro atoms. The van der Waals surface area contributed by atoms with Crippen LogP contribution >= 0.6 is 0 Å². The van der Waals surface area contributed by atoms with E-state index >= 15 is 0 Å². The van der Waals surface area contributed by atoms with E-state index < -0.39 is 0 Å². The van der Waals surface area contributed by atoms with E-state index in [1.807, 2.05) is 13.0 Å². The van der Waals surface area contributed by atoms with Crippen molar-refractivity contribution in [3.05, 3.63) is 58.9 Å². The van der Waals surface area contributed by atoms with E-state index in [9.17, 15) is 4.39 Å². The average molecular weight is 268 g/mol. The second-order valence-corrected chi connectivity index (χ2v) is 5.66. The third kappa shape index (κ3) is 1.62. The Morgan fingerprint density at radius 1 is 1.25 bits per heavy atom. The highest BCUT2D eigenvalue weighted by Gasteiger charge is 2.32. The standard InChI is InChI=1S/C17H17FN2/c1-11-8-16-15(9-14(11)18)19-10-17-13-5-3-2-4-12(13)6-7-20(16)17/h2-5,8-9,17,19H,6-7,10H2,1H3. The second kappa shape index (κ2) is 4.23. The maximum atomic E-state index is 13.7. The first kappa shape index (κ1) is 11.8. The van der Waals surface area contributed by atoms with Crippen LogP contribution in [0.15, 0.2) is 36.4 Å². The molecule has 1 N–H and O–H groups in total. The van der Waals surface area contributed by atoms with Gasteiger partial charge in [0, 0.05) is 13.1 Å². The normalized spacial score (nSPS) is 19.7. The lowest BCUT2D eigenvalue weighted by Gasteiger charge is -2.43. The van der Waals surface area contributed by atoms with Crippen molar-refractivity contribution >= 4 is 11.4 Å². The summed E-state index contributed by atoms with van der Waals surface area (Å²) in [6.07, 6.45) is 1.06. The van der Waals surface area contributed by atoms with Gasteiger partial charge in [-0.05, 0) is 42.2 Å². The van der Waals surface area contributed by atoms with E-state index in [1.54, 1.807) is 6.07 Å². The van der Waals surface area contributed by atoms with Gasteiger partial charge in [0.2, 0.25) is 0 Å². The number of hydrogen-bond acceptors (Lipinski definition) is 2. The largest absolute Gasteiger partial charge is 0.381 e. The minimum atomic E-state index is -0.132. The van der Waals surface area contributed by atoms with Gasteiger partial charge >= 0.3 is 0 Å². The van der Waals surface area contributed by atoms with Crippen LogP contribution in [0.4, 0.5) is 15.8 Å². The minimum Gasteiger partial charge on any atom is -0.381 e. The highest BCUT2D eigenvalue weighted by atomic mass is 19.1. The number of nitrogens with one attached hydrogen (secondary N) is 1. The van der Waals surface area contributed by atoms with Gasteiger partial charge in [0.1, 0.15) is 5.82 Å². The number of anilines is 2. The third-order valence-electron chi connectivity index (χ3n) is 4.48. The first-order valence-corrected chi connectivity index (χ1v) is 7.12. The Labute approximate surface area is 118 Å². The predicted octanol–water partition coefficient (Wildman–Crippen LogP) is 3.66. The van der Waals surface area contributed by atoms with Crippen LogP contribution in [0.2, 0.25) is 0 Å². The van der Waals surface area contributed by atoms with Gasteiger partial charge in [-0.2, -0.15) is 0 Å². The molecule has 0 bridgehead atoms. The molecule has 102 valence electrons. The van der Waals surface area contributed by atoms with E-state index in [4.69, 9.17) is 0 Å². The fraction of sp³-hybridized carbons (Fsp3) is 0.294. The van der Waals surface area contributed by atoms with Crippen LogP contribution in [0.25, 0.3) is 0 Å². The Kier molecular flexibility index (Phi) is 2.49. The molecule has 0 fully saturated rings. The molecular weight excluding hydrogens is 251 g/mol. The van der Waals surface area contributed by atoms with Crippen molar-refractivity contribution < 1.29 is 4.39 Å². The minimum absolute atomic E-state index is 0.132. The highest BCUT2D eigenvalue weighted by Crippen LogP contribution is 2.41. The van der Waals surface area contributed by atoms with Crippen molar-refractivity contribution in [2.75, 3.05) is 23.3 Å². The summed E-state index contributed by atoms with van der Waals surface area (Å²) in [6, 6.07) is 12.6. The van der Waals surface area contributed by atoms with Gasteiger partial charge in [0.05, 0.1) is 17.4 Å². The maximum Gasteiger partial charge on any atom is 0.128 e. The van der Waals surface area contributed by atoms with Crippen molar-refractivity contribution in [2.45, 2.75) is 19.4 Å². The molecule has 2 nitrogen and oxygen atoms in total. The van der Waals surface area contributed by atoms with Crippen molar-refractivity contribution in [2.24, 2.45) is 0 Å². The fourth-order valence-electron chi connectivity index (χ4n) is 3.41. The number of aryl methyl sites for hydroxylation is 1. The summed E-state index contributed by atoms with van der Waals surface area (Å²) in [6.45, 7) is 3.67. The number of nitrogens with zero attached hydrogens (tertiary/aromatic N) is 1. The predicted molar refractivity (Wildman–Crippen MR) is 79.9 cm³/mol. The Morgan fingerprint density at radius 3 is 3.00 bits per heavy atom. The van der Waals surface area contributed by atoms with Gasteiger partial charge in [-0.1, -0.05) is 24.3 Å². The molecule has 0 aromatic heterocycles. The van der Waals surface area contributed by atoms with Gasteiger partial charge in [0.25, 0.3) is 0 Å². The smallest absolute Gasteiger partial charge is 0.128 e. The summed E-state index contributed by atoms with van der Waals surface area (Å²) in [7, 11) is 0. The van der Waals surface area contributed by atoms with E-state index in [-0.39, 0.29) is 5.82 Å². The van der Waals surface area contributed by atoms with Crippen LogP contribution < -0.4 is 10.2 Å². The Morgan fingerprint density at radius 2 is 2.10 bits per heavy atom. The summed E-state index contributed by atoms with van der Waals surface area (Å²) in [4.78, 5) is 2.42. The maximum absolute atomic E-state index is 13.7. The van der Waals surface area contributed by atoms with Crippen LogP contribution in [-0.4, -0.2) is 13.1 Å². The first-order chi connectivity index (χ1) is 9.74. The lowest BCUT2D eigenvalue weighted by Crippen LogP contribution is -2.42. The topological polar surface area (TPSA) is 15.3 Å². The van der Waals surface area contributed by atoms with E-state index in [1.165, 1.54) is 11.1 Å². The van der Waals surface area contributed by atoms with Crippen LogP contribution in [0.3, 0.4) is 0 Å². The number of benzene rings is 2. The van der Waals surface area contributed by atoms with Gasteiger partial charge in [0.15, 0.2) is 0 Å². The zero-order valence-electron chi connectivity index (χ0n) is 11.5. The Balaban J connectivity index is 1.82. The Bertz CT molecular complexity index is 681. The molecule has 1 unspecified atom stereocenters. The molecule has 2 aromatic rings. The summed E-state index contributed by atoms with van der Waals surface area (Å²) in [5.74, 6) is -0.132. The molecule has 0 saturated heterocycles. The summed E-state index contributed by atoms with van der Waals surface area (Å²) >= 11 is 0. The zero-order valence-corrected chi connectivity index (χ0v) is 11.5. The van der Waals surface area contributed by atoms with Crippen LogP contribution in [-0.2, 0) is 6.42 Å². The van der Waals surface area contributed by atoms with Crippen LogP contribution in [0.1, 0.15) is 22.7 Å². The molecule has 1 atom stereocenters. The molecule has 4 rings (SSSR count). The number of rotatable bonds is 0. The molecule has 3 heteroatoms. The van der Waals surface area contributed by atoms with Gasteiger partial charge in [-0.25, -0.2) is 4.39 Å². The summed E-state index contributed by atoms with van der Waals surface area (Å²) < 4.78 is 13.7. The van der Waals surface area contributed by atoms with Crippen LogP contribution in [0.5, 0.6) is 0 Å². The van der Waals surface area contributed by atoms with Crippen molar-refractivity contribution in [1.29, 1.82) is 0 Å². The molecule has 2 heterocycles. The van der Waals surface area contributed by atoms with Gasteiger partial charge in [-0.15, -0.1) is 0 Å². The van der Waals surface area contributed by atoms with Crippen LogP contribution in [0, 0.1) is 12.7 Å². The lowest BCUT2D eigenvalue weighted by atomic mass is 9.90. The van der Waals surface area contributed by atoms with Gasteiger partial charge in [-0.3, -0.25) is 0 Å². The van der Waals surface area contributed by atoms with Crippen molar-refractivity contribution in [1.82, 2.24) is 0 Å². The van der Waals surface area contributed by atoms with Crippen molar-refractivity contribution in [3.8, 4) is 0 Å². The fourth-order valence-corrected chi connectivity index (χ4v) is 3.41. The first-order valence-electron chi connectivity index (χ1n) is 7.12. The second-order valence-electron chi connectivity index (χ2n) is 5.66. The van der Waals surface area contributed by atoms with E-state index in [0.29, 0.717) is 11.6 Å². The molecular formula is C17H17FN2. The molecule has 2 aliphatic heterocycles. The van der Waals surface area contributed by atoms with Gasteiger partial charge < -0.3 is 10.2 Å². The molecule has 0 aliphatic carbocycles. The monoisotopic (exact) mass is 268 g/mol. The van der Waals surface area contributed by atoms with E-state index in [0.717, 1.165) is 30.9 Å². The number of fused-ring (bicyclic) bond motifs is 5. The highest BCUT2D eigenvalue weighted by molar-refractivity contribution is 5.75. The quantitative estimate of drug-likeness (QED) is 0.784. The zero-order chi connectivity index (χ0) is 13.7. The lowest BCUT2D eigenvalue weighted by molar-refractivity contribution is 0.584. The molecule has 20 heavy (non-hydrogen) atoms. The molecule has 0 radical (unpaired) electrons. The number of halogens is 1. The summed E-state index contributed by atoms with van der Waals surface area (Å²) in [5.41, 5.74) is 5.61. The summed E-state index contributed by atoms with van der Waals surface area (Å²) in [5, 5.41) is 3.39. The Hall–Kier alpha value is -2.03. The molecule has 2 aromatic carbocycles. The number of hydrogen-bond donors (Lipinski definition) is 1. The third-order valence-corrected chi connectivity index (χ3v) is 4.48. The van der Waals surface area contributed by atoms with E-state index in [2.05, 4.69) is 34.5 Å². The molecule has 2 aliphatic rings.